The fourth-order valence-corrected chi connectivity index (χ4v) is 1.68. The third-order valence-electron chi connectivity index (χ3n) is 2.21. The van der Waals surface area contributed by atoms with Crippen molar-refractivity contribution in [3.8, 4) is 0 Å². The molecular formula is C8H13ClF3NO. The topological polar surface area (TPSA) is 12.5 Å². The average Bonchev–Trinajstić information content (AvgIpc) is 2.14. The van der Waals surface area contributed by atoms with E-state index in [1.165, 1.54) is 0 Å². The van der Waals surface area contributed by atoms with Crippen LogP contribution >= 0.6 is 11.6 Å². The van der Waals surface area contributed by atoms with Crippen molar-refractivity contribution in [3.05, 3.63) is 0 Å². The van der Waals surface area contributed by atoms with E-state index in [0.717, 1.165) is 0 Å². The third kappa shape index (κ3) is 4.02. The molecule has 84 valence electrons. The zero-order chi connectivity index (χ0) is 10.6. The van der Waals surface area contributed by atoms with Gasteiger partial charge < -0.3 is 4.74 Å². The highest BCUT2D eigenvalue weighted by molar-refractivity contribution is 6.18. The molecule has 1 atom stereocenters. The highest BCUT2D eigenvalue weighted by atomic mass is 35.5. The van der Waals surface area contributed by atoms with E-state index in [-0.39, 0.29) is 12.6 Å². The van der Waals surface area contributed by atoms with Gasteiger partial charge in [0.1, 0.15) is 0 Å². The zero-order valence-corrected chi connectivity index (χ0v) is 8.44. The monoisotopic (exact) mass is 231 g/mol. The highest BCUT2D eigenvalue weighted by Gasteiger charge is 2.30. The van der Waals surface area contributed by atoms with Crippen molar-refractivity contribution in [2.45, 2.75) is 18.6 Å². The maximum atomic E-state index is 12.0. The molecule has 0 amide bonds. The van der Waals surface area contributed by atoms with E-state index in [1.807, 2.05) is 0 Å². The van der Waals surface area contributed by atoms with Crippen molar-refractivity contribution in [3.63, 3.8) is 0 Å². The summed E-state index contributed by atoms with van der Waals surface area (Å²) >= 11 is 5.62. The molecule has 1 rings (SSSR count). The molecule has 0 aromatic carbocycles. The maximum absolute atomic E-state index is 12.0. The van der Waals surface area contributed by atoms with Crippen LogP contribution in [0.3, 0.4) is 0 Å². The Labute approximate surface area is 86.0 Å². The summed E-state index contributed by atoms with van der Waals surface area (Å²) in [5, 5.41) is 0. The first kappa shape index (κ1) is 12.1. The van der Waals surface area contributed by atoms with Crippen LogP contribution in [-0.4, -0.2) is 49.3 Å². The van der Waals surface area contributed by atoms with Gasteiger partial charge in [0, 0.05) is 25.0 Å². The van der Waals surface area contributed by atoms with Crippen molar-refractivity contribution in [1.82, 2.24) is 4.90 Å². The molecule has 1 aliphatic heterocycles. The number of halogens is 4. The molecule has 1 heterocycles. The summed E-state index contributed by atoms with van der Waals surface area (Å²) in [6.45, 7) is 1.48. The second-order valence-electron chi connectivity index (χ2n) is 3.28. The predicted molar refractivity (Wildman–Crippen MR) is 47.6 cm³/mol. The molecule has 0 bridgehead atoms. The Morgan fingerprint density at radius 2 is 2.14 bits per heavy atom. The minimum absolute atomic E-state index is 0.0181. The summed E-state index contributed by atoms with van der Waals surface area (Å²) in [5.74, 6) is 0.317. The Bertz CT molecular complexity index is 176. The first-order valence-electron chi connectivity index (χ1n) is 4.47. The van der Waals surface area contributed by atoms with Crippen LogP contribution in [0.25, 0.3) is 0 Å². The van der Waals surface area contributed by atoms with Crippen LogP contribution in [0.1, 0.15) is 6.42 Å². The lowest BCUT2D eigenvalue weighted by molar-refractivity contribution is -0.142. The number of rotatable bonds is 3. The van der Waals surface area contributed by atoms with Crippen LogP contribution < -0.4 is 0 Å². The van der Waals surface area contributed by atoms with Crippen LogP contribution in [0.4, 0.5) is 13.2 Å². The largest absolute Gasteiger partial charge is 0.390 e. The molecule has 6 heteroatoms. The van der Waals surface area contributed by atoms with Crippen molar-refractivity contribution in [1.29, 1.82) is 0 Å². The molecular weight excluding hydrogens is 219 g/mol. The molecule has 1 saturated heterocycles. The van der Waals surface area contributed by atoms with Crippen LogP contribution in [0.5, 0.6) is 0 Å². The minimum Gasteiger partial charge on any atom is -0.378 e. The molecule has 0 aromatic rings. The highest BCUT2D eigenvalue weighted by Crippen LogP contribution is 2.21. The number of hydrogen-bond donors (Lipinski definition) is 0. The molecule has 14 heavy (non-hydrogen) atoms. The summed E-state index contributed by atoms with van der Waals surface area (Å²) in [7, 11) is 0. The van der Waals surface area contributed by atoms with Gasteiger partial charge in [-0.15, -0.1) is 11.6 Å². The number of nitrogens with zero attached hydrogens (tertiary/aromatic N) is 1. The quantitative estimate of drug-likeness (QED) is 0.688. The fraction of sp³-hybridized carbons (Fsp3) is 1.00. The second kappa shape index (κ2) is 5.19. The van der Waals surface area contributed by atoms with Gasteiger partial charge in [0.05, 0.1) is 19.6 Å². The SMILES string of the molecule is FC(F)(F)CCN1CCOCC1CCl. The molecule has 1 unspecified atom stereocenters. The average molecular weight is 232 g/mol. The fourth-order valence-electron chi connectivity index (χ4n) is 1.40. The predicted octanol–water partition coefficient (Wildman–Crippen LogP) is 1.88. The number of ether oxygens (including phenoxy) is 1. The van der Waals surface area contributed by atoms with Gasteiger partial charge in [0.15, 0.2) is 0 Å². The summed E-state index contributed by atoms with van der Waals surface area (Å²) in [6.07, 6.45) is -4.87. The van der Waals surface area contributed by atoms with E-state index in [0.29, 0.717) is 25.6 Å². The standard InChI is InChI=1S/C8H13ClF3NO/c9-5-7-6-14-4-3-13(7)2-1-8(10,11)12/h7H,1-6H2. The Morgan fingerprint density at radius 3 is 2.71 bits per heavy atom. The molecule has 0 spiro atoms. The molecule has 2 nitrogen and oxygen atoms in total. The van der Waals surface area contributed by atoms with Gasteiger partial charge in [0.25, 0.3) is 0 Å². The number of alkyl halides is 4. The van der Waals surface area contributed by atoms with Gasteiger partial charge in [-0.2, -0.15) is 13.2 Å². The minimum atomic E-state index is -4.09. The zero-order valence-electron chi connectivity index (χ0n) is 7.69. The Kier molecular flexibility index (Phi) is 4.47. The summed E-state index contributed by atoms with van der Waals surface area (Å²) in [5.41, 5.74) is 0. The molecule has 0 aliphatic carbocycles. The molecule has 1 aliphatic rings. The lowest BCUT2D eigenvalue weighted by Crippen LogP contribution is -2.47. The lowest BCUT2D eigenvalue weighted by atomic mass is 10.2. The van der Waals surface area contributed by atoms with Crippen molar-refractivity contribution < 1.29 is 17.9 Å². The van der Waals surface area contributed by atoms with Crippen LogP contribution in [0.15, 0.2) is 0 Å². The summed E-state index contributed by atoms with van der Waals surface area (Å²) in [6, 6.07) is -0.0761. The third-order valence-corrected chi connectivity index (χ3v) is 2.57. The number of hydrogen-bond acceptors (Lipinski definition) is 2. The Balaban J connectivity index is 2.33. The van der Waals surface area contributed by atoms with Gasteiger partial charge >= 0.3 is 6.18 Å². The van der Waals surface area contributed by atoms with E-state index in [2.05, 4.69) is 0 Å². The van der Waals surface area contributed by atoms with E-state index < -0.39 is 12.6 Å². The van der Waals surface area contributed by atoms with Gasteiger partial charge in [0.2, 0.25) is 0 Å². The first-order valence-corrected chi connectivity index (χ1v) is 5.01. The van der Waals surface area contributed by atoms with Crippen LogP contribution in [0.2, 0.25) is 0 Å². The first-order chi connectivity index (χ1) is 6.53. The normalized spacial score (nSPS) is 25.3. The molecule has 0 N–H and O–H groups in total. The van der Waals surface area contributed by atoms with Gasteiger partial charge in [-0.1, -0.05) is 0 Å². The number of morpholine rings is 1. The lowest BCUT2D eigenvalue weighted by Gasteiger charge is -2.34. The molecule has 0 radical (unpaired) electrons. The van der Waals surface area contributed by atoms with Crippen molar-refractivity contribution >= 4 is 11.6 Å². The van der Waals surface area contributed by atoms with Gasteiger partial charge in [-0.3, -0.25) is 4.90 Å². The van der Waals surface area contributed by atoms with E-state index in [1.54, 1.807) is 4.90 Å². The van der Waals surface area contributed by atoms with Crippen molar-refractivity contribution in [2.75, 3.05) is 32.2 Å². The van der Waals surface area contributed by atoms with Gasteiger partial charge in [-0.05, 0) is 0 Å². The van der Waals surface area contributed by atoms with Gasteiger partial charge in [-0.25, -0.2) is 0 Å². The summed E-state index contributed by atoms with van der Waals surface area (Å²) in [4.78, 5) is 1.74. The van der Waals surface area contributed by atoms with Crippen LogP contribution in [0, 0.1) is 0 Å². The van der Waals surface area contributed by atoms with Crippen molar-refractivity contribution in [2.24, 2.45) is 0 Å². The Hall–Kier alpha value is 0. The second-order valence-corrected chi connectivity index (χ2v) is 3.59. The smallest absolute Gasteiger partial charge is 0.378 e. The molecule has 0 saturated carbocycles. The van der Waals surface area contributed by atoms with Crippen LogP contribution in [-0.2, 0) is 4.74 Å². The molecule has 1 fully saturated rings. The maximum Gasteiger partial charge on any atom is 0.390 e. The van der Waals surface area contributed by atoms with E-state index in [4.69, 9.17) is 16.3 Å². The van der Waals surface area contributed by atoms with E-state index >= 15 is 0 Å². The Morgan fingerprint density at radius 1 is 1.43 bits per heavy atom. The van der Waals surface area contributed by atoms with E-state index in [9.17, 15) is 13.2 Å². The molecule has 0 aromatic heterocycles. The summed E-state index contributed by atoms with van der Waals surface area (Å²) < 4.78 is 41.0.